The standard InChI is InChI=1S/C20H19N4O4/c1-22-16-6-2-3-7-17(16)23-18(13-8-10-14(11-9-13)24(26)27)21-28-20(23)12-4-5-15(20)19(22)25/h2-3,6-11,15,21H,4-5,12H2,1H3/q-1/t15-,20+/m0/s1. The van der Waals surface area contributed by atoms with Gasteiger partial charge in [-0.15, -0.1) is 0 Å². The highest BCUT2D eigenvalue weighted by Crippen LogP contribution is 2.53. The minimum Gasteiger partial charge on any atom is -0.612 e. The van der Waals surface area contributed by atoms with Gasteiger partial charge in [0.25, 0.3) is 0 Å². The van der Waals surface area contributed by atoms with E-state index in [0.29, 0.717) is 5.82 Å². The summed E-state index contributed by atoms with van der Waals surface area (Å²) in [6.45, 7) is 0. The van der Waals surface area contributed by atoms with Crippen LogP contribution in [0.2, 0.25) is 0 Å². The number of hydrogen-bond donors (Lipinski definition) is 1. The number of rotatable bonds is 0. The van der Waals surface area contributed by atoms with Gasteiger partial charge in [0.2, 0.25) is 11.6 Å². The second-order valence-corrected chi connectivity index (χ2v) is 7.37. The molecule has 8 nitrogen and oxygen atoms in total. The molecule has 5 rings (SSSR count). The molecule has 1 spiro atoms. The largest absolute Gasteiger partial charge is 0.612 e. The summed E-state index contributed by atoms with van der Waals surface area (Å²) in [5, 5.41) is 22.0. The Hall–Kier alpha value is -3.26. The Kier molecular flexibility index (Phi) is 3.54. The Bertz CT molecular complexity index is 974. The van der Waals surface area contributed by atoms with E-state index in [-0.39, 0.29) is 17.5 Å². The van der Waals surface area contributed by atoms with Gasteiger partial charge < -0.3 is 15.3 Å². The van der Waals surface area contributed by atoms with Gasteiger partial charge in [0.1, 0.15) is 5.82 Å². The lowest BCUT2D eigenvalue weighted by Gasteiger charge is -2.35. The second-order valence-electron chi connectivity index (χ2n) is 7.37. The lowest BCUT2D eigenvalue weighted by molar-refractivity contribution is -0.377. The average Bonchev–Trinajstić information content (AvgIpc) is 3.30. The lowest BCUT2D eigenvalue weighted by Crippen LogP contribution is -2.50. The first-order chi connectivity index (χ1) is 13.5. The molecule has 1 aromatic carbocycles. The molecule has 144 valence electrons. The Balaban J connectivity index is 1.72. The molecule has 2 heterocycles. The van der Waals surface area contributed by atoms with Crippen LogP contribution in [0.3, 0.4) is 0 Å². The number of nitrogens with zero attached hydrogens (tertiary/aromatic N) is 3. The van der Waals surface area contributed by atoms with Crippen molar-refractivity contribution in [1.82, 2.24) is 5.48 Å². The van der Waals surface area contributed by atoms with Crippen LogP contribution in [0.15, 0.2) is 60.0 Å². The van der Waals surface area contributed by atoms with Crippen molar-refractivity contribution >= 4 is 23.0 Å². The summed E-state index contributed by atoms with van der Waals surface area (Å²) in [7, 11) is 1.80. The van der Waals surface area contributed by atoms with Gasteiger partial charge in [-0.05, 0) is 43.5 Å². The number of hydroxylamine groups is 1. The molecule has 2 fully saturated rings. The Morgan fingerprint density at radius 3 is 2.61 bits per heavy atom. The third-order valence-corrected chi connectivity index (χ3v) is 5.96. The van der Waals surface area contributed by atoms with Crippen LogP contribution in [0.1, 0.15) is 19.3 Å². The van der Waals surface area contributed by atoms with Crippen LogP contribution in [-0.4, -0.2) is 29.3 Å². The van der Waals surface area contributed by atoms with Crippen molar-refractivity contribution in [2.24, 2.45) is 5.92 Å². The normalized spacial score (nSPS) is 28.1. The van der Waals surface area contributed by atoms with Crippen molar-refractivity contribution in [3.63, 3.8) is 0 Å². The zero-order valence-electron chi connectivity index (χ0n) is 15.3. The minimum atomic E-state index is -0.797. The highest BCUT2D eigenvalue weighted by Gasteiger charge is 2.60. The Morgan fingerprint density at radius 1 is 1.18 bits per heavy atom. The van der Waals surface area contributed by atoms with Crippen LogP contribution in [0, 0.1) is 16.3 Å². The molecule has 1 aromatic rings. The van der Waals surface area contributed by atoms with Gasteiger partial charge in [-0.2, -0.15) is 4.90 Å². The molecule has 2 atom stereocenters. The average molecular weight is 379 g/mol. The van der Waals surface area contributed by atoms with Crippen LogP contribution in [0.5, 0.6) is 0 Å². The lowest BCUT2D eigenvalue weighted by atomic mass is 9.96. The van der Waals surface area contributed by atoms with Crippen molar-refractivity contribution in [2.45, 2.75) is 25.0 Å². The second kappa shape index (κ2) is 5.87. The van der Waals surface area contributed by atoms with Crippen LogP contribution < -0.4 is 15.3 Å². The van der Waals surface area contributed by atoms with Crippen molar-refractivity contribution < 1.29 is 14.5 Å². The highest BCUT2D eigenvalue weighted by molar-refractivity contribution is 6.03. The van der Waals surface area contributed by atoms with E-state index in [1.807, 2.05) is 24.3 Å². The molecule has 8 heteroatoms. The number of benzene rings is 1. The number of para-hydroxylation sites is 2. The Morgan fingerprint density at radius 2 is 1.89 bits per heavy atom. The number of carbonyl (C=O) groups is 1. The van der Waals surface area contributed by atoms with E-state index in [1.54, 1.807) is 24.1 Å². The summed E-state index contributed by atoms with van der Waals surface area (Å²) in [6.07, 6.45) is 8.71. The number of carbonyl (C=O) groups excluding carboxylic acids is 1. The zero-order chi connectivity index (χ0) is 19.5. The summed E-state index contributed by atoms with van der Waals surface area (Å²) in [5.41, 5.74) is 4.72. The van der Waals surface area contributed by atoms with Crippen molar-refractivity contribution in [3.05, 3.63) is 70.4 Å². The van der Waals surface area contributed by atoms with E-state index >= 15 is 0 Å². The molecule has 0 radical (unpaired) electrons. The molecule has 2 aliphatic heterocycles. The number of allylic oxidation sites excluding steroid dienone is 5. The monoisotopic (exact) mass is 379 g/mol. The summed E-state index contributed by atoms with van der Waals surface area (Å²) in [4.78, 5) is 22.7. The van der Waals surface area contributed by atoms with E-state index in [1.165, 1.54) is 12.2 Å². The maximum absolute atomic E-state index is 13.2. The van der Waals surface area contributed by atoms with E-state index in [9.17, 15) is 15.2 Å². The maximum Gasteiger partial charge on any atom is 0.234 e. The van der Waals surface area contributed by atoms with Crippen LogP contribution in [-0.2, 0) is 9.63 Å². The fraction of sp³-hybridized carbons (Fsp3) is 0.300. The molecule has 1 saturated carbocycles. The molecular formula is C20H19N4O4-. The van der Waals surface area contributed by atoms with Gasteiger partial charge in [0, 0.05) is 24.8 Å². The third kappa shape index (κ3) is 2.15. The maximum atomic E-state index is 13.2. The molecule has 0 unspecified atom stereocenters. The predicted octanol–water partition coefficient (Wildman–Crippen LogP) is 2.29. The fourth-order valence-electron chi connectivity index (χ4n) is 4.63. The van der Waals surface area contributed by atoms with Gasteiger partial charge in [0.05, 0.1) is 17.3 Å². The van der Waals surface area contributed by atoms with Gasteiger partial charge in [-0.3, -0.25) is 9.69 Å². The quantitative estimate of drug-likeness (QED) is 0.549. The first kappa shape index (κ1) is 16.9. The molecule has 2 aliphatic carbocycles. The molecule has 4 aliphatic rings. The SMILES string of the molecule is CN1C(=O)[C@@H]2CCC[C@@]23ONC(=C2C=CC(=[N+]([O-])[O-])C=C2)N3c2ccccc21. The number of amides is 1. The molecule has 1 saturated heterocycles. The highest BCUT2D eigenvalue weighted by atomic mass is 16.8. The molecule has 0 bridgehead atoms. The van der Waals surface area contributed by atoms with E-state index < -0.39 is 10.6 Å². The minimum absolute atomic E-state index is 0.0305. The van der Waals surface area contributed by atoms with Gasteiger partial charge in [-0.25, -0.2) is 10.3 Å². The topological polar surface area (TPSA) is 93.9 Å². The summed E-state index contributed by atoms with van der Waals surface area (Å²) in [5.74, 6) is 0.435. The molecule has 0 aromatic heterocycles. The van der Waals surface area contributed by atoms with Crippen molar-refractivity contribution in [2.75, 3.05) is 16.8 Å². The van der Waals surface area contributed by atoms with Gasteiger partial charge >= 0.3 is 0 Å². The Labute approximate surface area is 161 Å². The van der Waals surface area contributed by atoms with Crippen molar-refractivity contribution in [3.8, 4) is 0 Å². The van der Waals surface area contributed by atoms with Crippen molar-refractivity contribution in [1.29, 1.82) is 0 Å². The smallest absolute Gasteiger partial charge is 0.234 e. The van der Waals surface area contributed by atoms with Crippen LogP contribution in [0.4, 0.5) is 11.4 Å². The van der Waals surface area contributed by atoms with E-state index in [0.717, 1.165) is 36.2 Å². The first-order valence-corrected chi connectivity index (χ1v) is 9.25. The third-order valence-electron chi connectivity index (χ3n) is 5.96. The molecular weight excluding hydrogens is 360 g/mol. The number of anilines is 2. The molecule has 28 heavy (non-hydrogen) atoms. The zero-order valence-corrected chi connectivity index (χ0v) is 15.3. The number of fused-ring (bicyclic) bond motifs is 2. The summed E-state index contributed by atoms with van der Waals surface area (Å²) in [6, 6.07) is 7.75. The van der Waals surface area contributed by atoms with Gasteiger partial charge in [0.15, 0.2) is 5.72 Å². The van der Waals surface area contributed by atoms with Crippen LogP contribution >= 0.6 is 0 Å². The molecule has 1 amide bonds. The number of nitrogens with one attached hydrogen (secondary N) is 1. The predicted molar refractivity (Wildman–Crippen MR) is 104 cm³/mol. The van der Waals surface area contributed by atoms with Gasteiger partial charge in [-0.1, -0.05) is 12.1 Å². The van der Waals surface area contributed by atoms with E-state index in [4.69, 9.17) is 4.84 Å². The summed E-state index contributed by atoms with van der Waals surface area (Å²) >= 11 is 0. The van der Waals surface area contributed by atoms with Crippen LogP contribution in [0.25, 0.3) is 0 Å². The number of hydrogen-bond acceptors (Lipinski definition) is 6. The first-order valence-electron chi connectivity index (χ1n) is 9.25. The summed E-state index contributed by atoms with van der Waals surface area (Å²) < 4.78 is 0. The molecule has 1 N–H and O–H groups in total. The fourth-order valence-corrected chi connectivity index (χ4v) is 4.63. The van der Waals surface area contributed by atoms with E-state index in [2.05, 4.69) is 10.4 Å².